The summed E-state index contributed by atoms with van der Waals surface area (Å²) < 4.78 is 26.4. The Hall–Kier alpha value is -1.45. The monoisotopic (exact) mass is 199 g/mol. The molecule has 0 saturated carbocycles. The largest absolute Gasteiger partial charge is 0.366 e. The topological polar surface area (TPSA) is 43.1 Å². The van der Waals surface area contributed by atoms with Crippen LogP contribution in [0.25, 0.3) is 0 Å². The summed E-state index contributed by atoms with van der Waals surface area (Å²) in [7, 11) is 0. The lowest BCUT2D eigenvalue weighted by molar-refractivity contribution is 0.0996. The zero-order valence-electron chi connectivity index (χ0n) is 7.97. The molecule has 0 heterocycles. The maximum Gasteiger partial charge on any atom is 0.251 e. The average Bonchev–Trinajstić information content (AvgIpc) is 2.07. The van der Waals surface area contributed by atoms with E-state index in [1.165, 1.54) is 0 Å². The second kappa shape index (κ2) is 3.74. The van der Waals surface area contributed by atoms with E-state index >= 15 is 0 Å². The highest BCUT2D eigenvalue weighted by Crippen LogP contribution is 2.21. The van der Waals surface area contributed by atoms with Crippen molar-refractivity contribution >= 4 is 5.91 Å². The quantitative estimate of drug-likeness (QED) is 0.779. The maximum atomic E-state index is 13.3. The summed E-state index contributed by atoms with van der Waals surface area (Å²) in [6.45, 7) is 3.48. The molecule has 14 heavy (non-hydrogen) atoms. The number of hydrogen-bond donors (Lipinski definition) is 1. The normalized spacial score (nSPS) is 10.6. The third-order valence-electron chi connectivity index (χ3n) is 1.97. The van der Waals surface area contributed by atoms with E-state index in [2.05, 4.69) is 0 Å². The Kier molecular flexibility index (Phi) is 2.84. The van der Waals surface area contributed by atoms with E-state index in [9.17, 15) is 13.6 Å². The van der Waals surface area contributed by atoms with Gasteiger partial charge in [0.05, 0.1) is 5.56 Å². The summed E-state index contributed by atoms with van der Waals surface area (Å²) in [5.74, 6) is -2.47. The zero-order valence-corrected chi connectivity index (χ0v) is 7.97. The van der Waals surface area contributed by atoms with E-state index in [0.29, 0.717) is 0 Å². The van der Waals surface area contributed by atoms with Gasteiger partial charge in [0.1, 0.15) is 11.6 Å². The van der Waals surface area contributed by atoms with E-state index in [0.717, 1.165) is 12.1 Å². The minimum Gasteiger partial charge on any atom is -0.366 e. The first kappa shape index (κ1) is 10.6. The van der Waals surface area contributed by atoms with E-state index < -0.39 is 23.1 Å². The van der Waals surface area contributed by atoms with Gasteiger partial charge in [-0.2, -0.15) is 0 Å². The smallest absolute Gasteiger partial charge is 0.251 e. The molecule has 76 valence electrons. The van der Waals surface area contributed by atoms with Gasteiger partial charge in [-0.25, -0.2) is 8.78 Å². The first-order valence-corrected chi connectivity index (χ1v) is 4.22. The molecular formula is C10H11F2NO. The number of rotatable bonds is 2. The lowest BCUT2D eigenvalue weighted by atomic mass is 10.0. The standard InChI is InChI=1S/C10H11F2NO/c1-5(2)6-3-9(12)7(10(13)14)4-8(6)11/h3-5H,1-2H3,(H2,13,14). The molecule has 0 bridgehead atoms. The fourth-order valence-electron chi connectivity index (χ4n) is 1.19. The van der Waals surface area contributed by atoms with Crippen LogP contribution in [0.4, 0.5) is 8.78 Å². The first-order valence-electron chi connectivity index (χ1n) is 4.22. The number of carbonyl (C=O) groups excluding carboxylic acids is 1. The third kappa shape index (κ3) is 1.89. The van der Waals surface area contributed by atoms with Crippen LogP contribution in [0.5, 0.6) is 0 Å². The van der Waals surface area contributed by atoms with Crippen LogP contribution in [0.15, 0.2) is 12.1 Å². The Morgan fingerprint density at radius 1 is 1.29 bits per heavy atom. The molecule has 4 heteroatoms. The summed E-state index contributed by atoms with van der Waals surface area (Å²) in [5, 5.41) is 0. The fraction of sp³-hybridized carbons (Fsp3) is 0.300. The summed E-state index contributed by atoms with van der Waals surface area (Å²) in [6, 6.07) is 1.85. The van der Waals surface area contributed by atoms with Crippen molar-refractivity contribution in [2.75, 3.05) is 0 Å². The molecule has 0 fully saturated rings. The second-order valence-corrected chi connectivity index (χ2v) is 3.37. The molecule has 1 rings (SSSR count). The van der Waals surface area contributed by atoms with Crippen LogP contribution < -0.4 is 5.73 Å². The molecule has 1 aromatic carbocycles. The van der Waals surface area contributed by atoms with Gasteiger partial charge in [-0.15, -0.1) is 0 Å². The predicted octanol–water partition coefficient (Wildman–Crippen LogP) is 2.19. The Labute approximate surface area is 80.7 Å². The molecule has 0 atom stereocenters. The van der Waals surface area contributed by atoms with Crippen molar-refractivity contribution in [2.24, 2.45) is 5.73 Å². The number of hydrogen-bond acceptors (Lipinski definition) is 1. The molecule has 0 aliphatic rings. The molecule has 0 unspecified atom stereocenters. The van der Waals surface area contributed by atoms with Crippen LogP contribution in [0, 0.1) is 11.6 Å². The minimum atomic E-state index is -0.961. The molecule has 1 amide bonds. The van der Waals surface area contributed by atoms with Crippen LogP contribution in [0.2, 0.25) is 0 Å². The summed E-state index contributed by atoms with van der Waals surface area (Å²) in [5.41, 5.74) is 4.70. The molecule has 2 N–H and O–H groups in total. The van der Waals surface area contributed by atoms with Gasteiger partial charge in [-0.3, -0.25) is 4.79 Å². The Bertz CT molecular complexity index is 375. The molecule has 0 spiro atoms. The Morgan fingerprint density at radius 2 is 1.86 bits per heavy atom. The highest BCUT2D eigenvalue weighted by molar-refractivity contribution is 5.93. The number of carbonyl (C=O) groups is 1. The maximum absolute atomic E-state index is 13.3. The van der Waals surface area contributed by atoms with Crippen LogP contribution in [0.1, 0.15) is 35.7 Å². The van der Waals surface area contributed by atoms with Crippen molar-refractivity contribution < 1.29 is 13.6 Å². The molecular weight excluding hydrogens is 188 g/mol. The Balaban J connectivity index is 3.31. The predicted molar refractivity (Wildman–Crippen MR) is 49.0 cm³/mol. The second-order valence-electron chi connectivity index (χ2n) is 3.37. The zero-order chi connectivity index (χ0) is 10.9. The van der Waals surface area contributed by atoms with Gasteiger partial charge in [0.2, 0.25) is 0 Å². The minimum absolute atomic E-state index is 0.133. The summed E-state index contributed by atoms with van der Waals surface area (Å²) in [4.78, 5) is 10.7. The van der Waals surface area contributed by atoms with Gasteiger partial charge in [0.25, 0.3) is 5.91 Å². The Morgan fingerprint density at radius 3 is 2.29 bits per heavy atom. The van der Waals surface area contributed by atoms with Crippen LogP contribution >= 0.6 is 0 Å². The molecule has 1 aromatic rings. The number of primary amides is 1. The van der Waals surface area contributed by atoms with Crippen LogP contribution in [-0.4, -0.2) is 5.91 Å². The SMILES string of the molecule is CC(C)c1cc(F)c(C(N)=O)cc1F. The van der Waals surface area contributed by atoms with Crippen molar-refractivity contribution in [3.63, 3.8) is 0 Å². The third-order valence-corrected chi connectivity index (χ3v) is 1.97. The number of halogens is 2. The highest BCUT2D eigenvalue weighted by atomic mass is 19.1. The molecule has 0 aliphatic heterocycles. The fourth-order valence-corrected chi connectivity index (χ4v) is 1.19. The summed E-state index contributed by atoms with van der Waals surface area (Å²) in [6.07, 6.45) is 0. The van der Waals surface area contributed by atoms with Crippen molar-refractivity contribution in [1.82, 2.24) is 0 Å². The molecule has 0 aromatic heterocycles. The van der Waals surface area contributed by atoms with Gasteiger partial charge >= 0.3 is 0 Å². The molecule has 0 aliphatic carbocycles. The van der Waals surface area contributed by atoms with Crippen molar-refractivity contribution in [3.05, 3.63) is 34.9 Å². The van der Waals surface area contributed by atoms with E-state index in [1.807, 2.05) is 0 Å². The van der Waals surface area contributed by atoms with E-state index in [1.54, 1.807) is 13.8 Å². The lowest BCUT2D eigenvalue weighted by Crippen LogP contribution is -2.14. The average molecular weight is 199 g/mol. The van der Waals surface area contributed by atoms with Crippen LogP contribution in [0.3, 0.4) is 0 Å². The van der Waals surface area contributed by atoms with E-state index in [-0.39, 0.29) is 11.5 Å². The van der Waals surface area contributed by atoms with Gasteiger partial charge in [-0.05, 0) is 23.6 Å². The number of benzene rings is 1. The summed E-state index contributed by atoms with van der Waals surface area (Å²) >= 11 is 0. The van der Waals surface area contributed by atoms with E-state index in [4.69, 9.17) is 5.73 Å². The molecule has 0 radical (unpaired) electrons. The molecule has 0 saturated heterocycles. The van der Waals surface area contributed by atoms with Gasteiger partial charge in [0, 0.05) is 0 Å². The van der Waals surface area contributed by atoms with Crippen LogP contribution in [-0.2, 0) is 0 Å². The van der Waals surface area contributed by atoms with Gasteiger partial charge < -0.3 is 5.73 Å². The van der Waals surface area contributed by atoms with Crippen molar-refractivity contribution in [2.45, 2.75) is 19.8 Å². The lowest BCUT2D eigenvalue weighted by Gasteiger charge is -2.08. The van der Waals surface area contributed by atoms with Crippen molar-refractivity contribution in [3.8, 4) is 0 Å². The first-order chi connectivity index (χ1) is 6.43. The number of nitrogens with two attached hydrogens (primary N) is 1. The highest BCUT2D eigenvalue weighted by Gasteiger charge is 2.15. The van der Waals surface area contributed by atoms with Gasteiger partial charge in [-0.1, -0.05) is 13.8 Å². The molecule has 2 nitrogen and oxygen atoms in total. The number of amides is 1. The van der Waals surface area contributed by atoms with Gasteiger partial charge in [0.15, 0.2) is 0 Å². The van der Waals surface area contributed by atoms with Crippen molar-refractivity contribution in [1.29, 1.82) is 0 Å².